The zero-order chi connectivity index (χ0) is 18.0. The maximum absolute atomic E-state index is 6.60. The van der Waals surface area contributed by atoms with Gasteiger partial charge in [-0.15, -0.1) is 22.7 Å². The molecule has 3 aromatic carbocycles. The number of rotatable bonds is 1. The van der Waals surface area contributed by atoms with Crippen LogP contribution in [-0.2, 0) is 0 Å². The van der Waals surface area contributed by atoms with Crippen LogP contribution >= 0.6 is 34.3 Å². The fraction of sp³-hybridized carbons (Fsp3) is 0. The first kappa shape index (κ1) is 15.5. The molecule has 5 heteroatoms. The highest BCUT2D eigenvalue weighted by atomic mass is 35.5. The number of hydrogen-bond donors (Lipinski definition) is 0. The van der Waals surface area contributed by atoms with Crippen molar-refractivity contribution in [1.29, 1.82) is 0 Å². The molecule has 128 valence electrons. The van der Waals surface area contributed by atoms with Gasteiger partial charge in [-0.25, -0.2) is 9.97 Å². The van der Waals surface area contributed by atoms with Gasteiger partial charge in [-0.05, 0) is 12.1 Å². The van der Waals surface area contributed by atoms with Crippen molar-refractivity contribution in [2.24, 2.45) is 0 Å². The lowest BCUT2D eigenvalue weighted by Crippen LogP contribution is -1.89. The van der Waals surface area contributed by atoms with Crippen molar-refractivity contribution in [1.82, 2.24) is 9.97 Å². The maximum atomic E-state index is 6.60. The van der Waals surface area contributed by atoms with Crippen LogP contribution in [0.2, 0.25) is 5.15 Å². The standard InChI is InChI=1S/C22H11ClN2S2/c23-21-18(24-19-14-7-2-4-11-17(14)27-22(19)25-21)15-9-5-8-13-12-6-1-3-10-16(12)26-20(13)15/h1-11H. The minimum Gasteiger partial charge on any atom is -0.241 e. The lowest BCUT2D eigenvalue weighted by Gasteiger charge is -2.05. The van der Waals surface area contributed by atoms with E-state index in [-0.39, 0.29) is 0 Å². The number of fused-ring (bicyclic) bond motifs is 6. The molecule has 6 aromatic rings. The van der Waals surface area contributed by atoms with E-state index in [1.165, 1.54) is 24.9 Å². The molecule has 0 unspecified atom stereocenters. The van der Waals surface area contributed by atoms with Crippen LogP contribution in [-0.4, -0.2) is 9.97 Å². The number of benzene rings is 3. The van der Waals surface area contributed by atoms with Gasteiger partial charge in [0, 0.05) is 35.8 Å². The molecule has 0 spiro atoms. The van der Waals surface area contributed by atoms with E-state index in [9.17, 15) is 0 Å². The summed E-state index contributed by atoms with van der Waals surface area (Å²) in [6, 6.07) is 23.1. The highest BCUT2D eigenvalue weighted by molar-refractivity contribution is 7.26. The Labute approximate surface area is 167 Å². The molecule has 2 nitrogen and oxygen atoms in total. The molecular weight excluding hydrogens is 392 g/mol. The lowest BCUT2D eigenvalue weighted by atomic mass is 10.1. The van der Waals surface area contributed by atoms with Crippen LogP contribution < -0.4 is 0 Å². The Morgan fingerprint density at radius 1 is 0.667 bits per heavy atom. The lowest BCUT2D eigenvalue weighted by molar-refractivity contribution is 1.32. The third-order valence-electron chi connectivity index (χ3n) is 4.83. The van der Waals surface area contributed by atoms with Gasteiger partial charge in [0.1, 0.15) is 16.0 Å². The van der Waals surface area contributed by atoms with E-state index in [1.54, 1.807) is 22.7 Å². The van der Waals surface area contributed by atoms with Gasteiger partial charge in [-0.1, -0.05) is 66.2 Å². The van der Waals surface area contributed by atoms with Crippen molar-refractivity contribution >= 4 is 74.9 Å². The van der Waals surface area contributed by atoms with Crippen molar-refractivity contribution in [3.05, 3.63) is 71.9 Å². The first-order chi connectivity index (χ1) is 13.3. The fourth-order valence-corrected chi connectivity index (χ4v) is 6.12. The topological polar surface area (TPSA) is 25.8 Å². The Bertz CT molecular complexity index is 1500. The van der Waals surface area contributed by atoms with E-state index < -0.39 is 0 Å². The molecule has 0 aliphatic carbocycles. The van der Waals surface area contributed by atoms with E-state index in [0.29, 0.717) is 5.15 Å². The monoisotopic (exact) mass is 402 g/mol. The summed E-state index contributed by atoms with van der Waals surface area (Å²) in [7, 11) is 0. The SMILES string of the molecule is Clc1nc2sc3ccccc3c2nc1-c1cccc2c1sc1ccccc12. The fourth-order valence-electron chi connectivity index (χ4n) is 3.61. The van der Waals surface area contributed by atoms with E-state index in [4.69, 9.17) is 16.6 Å². The summed E-state index contributed by atoms with van der Waals surface area (Å²) in [6.45, 7) is 0. The molecule has 0 aliphatic heterocycles. The van der Waals surface area contributed by atoms with Crippen molar-refractivity contribution < 1.29 is 0 Å². The van der Waals surface area contributed by atoms with Crippen molar-refractivity contribution in [3.63, 3.8) is 0 Å². The molecule has 0 atom stereocenters. The van der Waals surface area contributed by atoms with E-state index >= 15 is 0 Å². The largest absolute Gasteiger partial charge is 0.241 e. The predicted molar refractivity (Wildman–Crippen MR) is 118 cm³/mol. The van der Waals surface area contributed by atoms with E-state index in [2.05, 4.69) is 59.6 Å². The average Bonchev–Trinajstić information content (AvgIpc) is 3.25. The second-order valence-corrected chi connectivity index (χ2v) is 8.84. The third kappa shape index (κ3) is 2.24. The Morgan fingerprint density at radius 3 is 2.22 bits per heavy atom. The molecule has 0 N–H and O–H groups in total. The number of nitrogens with zero attached hydrogens (tertiary/aromatic N) is 2. The van der Waals surface area contributed by atoms with Gasteiger partial charge in [-0.2, -0.15) is 0 Å². The summed E-state index contributed by atoms with van der Waals surface area (Å²) >= 11 is 10.0. The quantitative estimate of drug-likeness (QED) is 0.284. The highest BCUT2D eigenvalue weighted by Gasteiger charge is 2.17. The van der Waals surface area contributed by atoms with Crippen LogP contribution in [0, 0.1) is 0 Å². The first-order valence-corrected chi connectivity index (χ1v) is 10.6. The summed E-state index contributed by atoms with van der Waals surface area (Å²) in [6.07, 6.45) is 0. The van der Waals surface area contributed by atoms with Gasteiger partial charge in [0.2, 0.25) is 0 Å². The second kappa shape index (κ2) is 5.73. The molecule has 0 saturated carbocycles. The normalized spacial score (nSPS) is 11.9. The maximum Gasteiger partial charge on any atom is 0.157 e. The molecule has 0 bridgehead atoms. The molecule has 3 heterocycles. The average molecular weight is 403 g/mol. The molecule has 0 saturated heterocycles. The number of hydrogen-bond acceptors (Lipinski definition) is 4. The molecule has 0 aliphatic rings. The Kier molecular flexibility index (Phi) is 3.29. The molecule has 0 radical (unpaired) electrons. The third-order valence-corrected chi connectivity index (χ3v) is 7.37. The second-order valence-electron chi connectivity index (χ2n) is 6.40. The van der Waals surface area contributed by atoms with Gasteiger partial charge in [0.25, 0.3) is 0 Å². The highest BCUT2D eigenvalue weighted by Crippen LogP contribution is 2.42. The molecule has 3 aromatic heterocycles. The van der Waals surface area contributed by atoms with Gasteiger partial charge >= 0.3 is 0 Å². The van der Waals surface area contributed by atoms with Crippen LogP contribution in [0.4, 0.5) is 0 Å². The zero-order valence-corrected chi connectivity index (χ0v) is 16.3. The summed E-state index contributed by atoms with van der Waals surface area (Å²) in [5.41, 5.74) is 2.72. The summed E-state index contributed by atoms with van der Waals surface area (Å²) in [5, 5.41) is 4.09. The zero-order valence-electron chi connectivity index (χ0n) is 13.9. The van der Waals surface area contributed by atoms with Crippen LogP contribution in [0.3, 0.4) is 0 Å². The molecule has 0 fully saturated rings. The number of aromatic nitrogens is 2. The Hall–Kier alpha value is -2.53. The first-order valence-electron chi connectivity index (χ1n) is 8.55. The van der Waals surface area contributed by atoms with Crippen LogP contribution in [0.25, 0.3) is 51.9 Å². The summed E-state index contributed by atoms with van der Waals surface area (Å²) in [4.78, 5) is 10.5. The van der Waals surface area contributed by atoms with Crippen LogP contribution in [0.15, 0.2) is 66.7 Å². The van der Waals surface area contributed by atoms with Crippen molar-refractivity contribution in [2.75, 3.05) is 0 Å². The molecule has 0 amide bonds. The van der Waals surface area contributed by atoms with Gasteiger partial charge < -0.3 is 0 Å². The van der Waals surface area contributed by atoms with Crippen molar-refractivity contribution in [3.8, 4) is 11.3 Å². The van der Waals surface area contributed by atoms with E-state index in [0.717, 1.165) is 27.0 Å². The predicted octanol–water partition coefficient (Wildman–Crippen LogP) is 7.53. The molecule has 27 heavy (non-hydrogen) atoms. The smallest absolute Gasteiger partial charge is 0.157 e. The summed E-state index contributed by atoms with van der Waals surface area (Å²) in [5.74, 6) is 0. The minimum atomic E-state index is 0.457. The van der Waals surface area contributed by atoms with Gasteiger partial charge in [0.05, 0.1) is 0 Å². The minimum absolute atomic E-state index is 0.457. The molecular formula is C22H11ClN2S2. The van der Waals surface area contributed by atoms with Crippen molar-refractivity contribution in [2.45, 2.75) is 0 Å². The van der Waals surface area contributed by atoms with Crippen LogP contribution in [0.5, 0.6) is 0 Å². The Morgan fingerprint density at radius 2 is 1.37 bits per heavy atom. The summed E-state index contributed by atoms with van der Waals surface area (Å²) < 4.78 is 3.65. The molecule has 6 rings (SSSR count). The number of thiophene rings is 2. The number of halogens is 1. The van der Waals surface area contributed by atoms with Gasteiger partial charge in [-0.3, -0.25) is 0 Å². The van der Waals surface area contributed by atoms with E-state index in [1.807, 2.05) is 12.1 Å². The Balaban J connectivity index is 1.72. The van der Waals surface area contributed by atoms with Crippen LogP contribution in [0.1, 0.15) is 0 Å². The van der Waals surface area contributed by atoms with Gasteiger partial charge in [0.15, 0.2) is 5.15 Å².